The fraction of sp³-hybridized carbons (Fsp3) is 0.286. The van der Waals surface area contributed by atoms with E-state index in [4.69, 9.17) is 9.47 Å². The summed E-state index contributed by atoms with van der Waals surface area (Å²) in [4.78, 5) is 33.7. The molecule has 1 N–H and O–H groups in total. The van der Waals surface area contributed by atoms with E-state index in [0.29, 0.717) is 45.1 Å². The number of hydrogen-bond acceptors (Lipinski definition) is 10. The fourth-order valence-corrected chi connectivity index (χ4v) is 7.43. The van der Waals surface area contributed by atoms with Crippen molar-refractivity contribution in [1.82, 2.24) is 19.6 Å². The number of ether oxygens (including phenoxy) is 2. The number of pyridine rings is 1. The summed E-state index contributed by atoms with van der Waals surface area (Å²) in [5.74, 6) is -1.00. The highest BCUT2D eigenvalue weighted by atomic mass is 32.2. The van der Waals surface area contributed by atoms with Crippen molar-refractivity contribution in [2.75, 3.05) is 18.6 Å². The number of benzene rings is 2. The highest BCUT2D eigenvalue weighted by molar-refractivity contribution is 8.00. The molecule has 4 heterocycles. The molecular formula is C35H34FN5O5S2. The number of Topliss-reactive ketones (excluding diaryl/α,β-unsaturated/α-hetero) is 1. The van der Waals surface area contributed by atoms with Gasteiger partial charge in [0.15, 0.2) is 21.6 Å². The van der Waals surface area contributed by atoms with Crippen LogP contribution in [-0.2, 0) is 15.3 Å². The second kappa shape index (κ2) is 14.2. The van der Waals surface area contributed by atoms with Gasteiger partial charge in [-0.15, -0.1) is 10.2 Å². The number of carbonyl (C=O) groups excluding carboxylic acids is 2. The van der Waals surface area contributed by atoms with Crippen LogP contribution >= 0.6 is 23.1 Å². The number of anilines is 1. The van der Waals surface area contributed by atoms with Crippen molar-refractivity contribution in [2.24, 2.45) is 0 Å². The van der Waals surface area contributed by atoms with Gasteiger partial charge in [0.05, 0.1) is 31.0 Å². The molecule has 48 heavy (non-hydrogen) atoms. The lowest BCUT2D eigenvalue weighted by Crippen LogP contribution is -2.29. The van der Waals surface area contributed by atoms with Crippen molar-refractivity contribution in [3.05, 3.63) is 100 Å². The second-order valence-electron chi connectivity index (χ2n) is 11.3. The monoisotopic (exact) mass is 687 g/mol. The minimum atomic E-state index is -1.07. The van der Waals surface area contributed by atoms with Gasteiger partial charge in [-0.2, -0.15) is 0 Å². The molecule has 1 saturated heterocycles. The lowest BCUT2D eigenvalue weighted by atomic mass is 9.96. The van der Waals surface area contributed by atoms with Crippen LogP contribution in [0.4, 0.5) is 9.52 Å². The number of thioether (sulfide) groups is 1. The number of rotatable bonds is 12. The van der Waals surface area contributed by atoms with E-state index in [1.807, 2.05) is 29.7 Å². The highest BCUT2D eigenvalue weighted by Crippen LogP contribution is 2.46. The van der Waals surface area contributed by atoms with Crippen LogP contribution in [0, 0.1) is 19.7 Å². The topological polar surface area (TPSA) is 119 Å². The zero-order valence-electron chi connectivity index (χ0n) is 26.9. The molecule has 0 aliphatic carbocycles. The van der Waals surface area contributed by atoms with Crippen LogP contribution in [0.5, 0.6) is 11.5 Å². The number of aromatic nitrogens is 4. The lowest BCUT2D eigenvalue weighted by Gasteiger charge is -2.23. The van der Waals surface area contributed by atoms with Gasteiger partial charge in [-0.3, -0.25) is 14.5 Å². The largest absolute Gasteiger partial charge is 0.505 e. The number of hydrogen-bond donors (Lipinski definition) is 1. The summed E-state index contributed by atoms with van der Waals surface area (Å²) in [6.45, 7) is 6.33. The van der Waals surface area contributed by atoms with Crippen LogP contribution in [-0.4, -0.2) is 50.1 Å². The third kappa shape index (κ3) is 6.39. The summed E-state index contributed by atoms with van der Waals surface area (Å²) < 4.78 is 27.4. The minimum absolute atomic E-state index is 0.126. The van der Waals surface area contributed by atoms with Crippen molar-refractivity contribution in [3.8, 4) is 11.5 Å². The van der Waals surface area contributed by atoms with Crippen LogP contribution in [0.3, 0.4) is 0 Å². The molecule has 5 aromatic rings. The molecule has 1 aliphatic rings. The molecule has 1 unspecified atom stereocenters. The third-order valence-electron chi connectivity index (χ3n) is 8.14. The van der Waals surface area contributed by atoms with E-state index in [9.17, 15) is 19.1 Å². The average molecular weight is 688 g/mol. The smallest absolute Gasteiger partial charge is 0.301 e. The number of aryl methyl sites for hydroxylation is 2. The number of ketones is 1. The van der Waals surface area contributed by atoms with E-state index in [0.717, 1.165) is 41.7 Å². The Kier molecular flexibility index (Phi) is 9.78. The highest BCUT2D eigenvalue weighted by Gasteiger charge is 2.49. The molecule has 0 spiro atoms. The maximum Gasteiger partial charge on any atom is 0.301 e. The maximum atomic E-state index is 13.9. The van der Waals surface area contributed by atoms with E-state index in [1.165, 1.54) is 35.9 Å². The number of aliphatic hydroxyl groups excluding tert-OH is 1. The third-order valence-corrected chi connectivity index (χ3v) is 10.3. The molecular weight excluding hydrogens is 654 g/mol. The molecule has 1 fully saturated rings. The van der Waals surface area contributed by atoms with Crippen LogP contribution in [0.2, 0.25) is 0 Å². The fourth-order valence-electron chi connectivity index (χ4n) is 5.61. The lowest BCUT2D eigenvalue weighted by molar-refractivity contribution is -0.132. The Balaban J connectivity index is 1.43. The predicted octanol–water partition coefficient (Wildman–Crippen LogP) is 7.44. The van der Waals surface area contributed by atoms with Gasteiger partial charge in [0.2, 0.25) is 5.13 Å². The van der Waals surface area contributed by atoms with Gasteiger partial charge in [0.1, 0.15) is 17.2 Å². The molecule has 2 aromatic carbocycles. The molecule has 248 valence electrons. The normalized spacial score (nSPS) is 15.9. The Bertz CT molecular complexity index is 2020. The van der Waals surface area contributed by atoms with Crippen molar-refractivity contribution >= 4 is 51.3 Å². The summed E-state index contributed by atoms with van der Waals surface area (Å²) in [5.41, 5.74) is 3.58. The van der Waals surface area contributed by atoms with Crippen LogP contribution in [0.25, 0.3) is 11.4 Å². The molecule has 10 nitrogen and oxygen atoms in total. The van der Waals surface area contributed by atoms with Crippen LogP contribution < -0.4 is 14.4 Å². The Morgan fingerprint density at radius 3 is 2.58 bits per heavy atom. The van der Waals surface area contributed by atoms with E-state index in [-0.39, 0.29) is 22.2 Å². The Hall–Kier alpha value is -4.75. The van der Waals surface area contributed by atoms with Crippen molar-refractivity contribution < 1.29 is 28.6 Å². The van der Waals surface area contributed by atoms with E-state index in [1.54, 1.807) is 37.3 Å². The van der Waals surface area contributed by atoms with Crippen LogP contribution in [0.15, 0.2) is 70.7 Å². The predicted molar refractivity (Wildman–Crippen MR) is 183 cm³/mol. The molecule has 0 radical (unpaired) electrons. The van der Waals surface area contributed by atoms with Crippen LogP contribution in [0.1, 0.15) is 60.3 Å². The number of methoxy groups -OCH3 is 1. The first kappa shape index (κ1) is 33.2. The van der Waals surface area contributed by atoms with E-state index >= 15 is 0 Å². The van der Waals surface area contributed by atoms with Gasteiger partial charge in [-0.25, -0.2) is 9.37 Å². The van der Waals surface area contributed by atoms with Gasteiger partial charge in [-0.05, 0) is 67.3 Å². The Labute approximate surface area is 285 Å². The number of carbonyl (C=O) groups is 2. The van der Waals surface area contributed by atoms with Gasteiger partial charge < -0.3 is 19.0 Å². The number of imidazole rings is 1. The summed E-state index contributed by atoms with van der Waals surface area (Å²) in [5, 5.41) is 20.6. The quantitative estimate of drug-likeness (QED) is 0.0357. The van der Waals surface area contributed by atoms with Gasteiger partial charge in [-0.1, -0.05) is 67.1 Å². The van der Waals surface area contributed by atoms with E-state index in [2.05, 4.69) is 22.1 Å². The summed E-state index contributed by atoms with van der Waals surface area (Å²) >= 11 is 2.52. The van der Waals surface area contributed by atoms with Crippen molar-refractivity contribution in [3.63, 3.8) is 0 Å². The zero-order chi connectivity index (χ0) is 33.9. The number of fused-ring (bicyclic) bond motifs is 1. The number of halogens is 1. The van der Waals surface area contributed by atoms with Crippen molar-refractivity contribution in [1.29, 1.82) is 0 Å². The Morgan fingerprint density at radius 2 is 1.85 bits per heavy atom. The number of nitrogens with zero attached hydrogens (tertiary/aromatic N) is 5. The molecule has 1 atom stereocenters. The first-order chi connectivity index (χ1) is 23.2. The second-order valence-corrected chi connectivity index (χ2v) is 13.5. The molecule has 0 bridgehead atoms. The molecule has 6 rings (SSSR count). The van der Waals surface area contributed by atoms with Gasteiger partial charge >= 0.3 is 5.91 Å². The summed E-state index contributed by atoms with van der Waals surface area (Å²) in [6.07, 6.45) is 4.80. The standard InChI is InChI=1S/C35H34FN5O5S2/c1-5-6-7-17-46-25-15-12-23(18-26(25)45-4)29-27(30(42)28-21(3)40-16-8-9-20(2)32(40)37-28)31(43)33(44)41(29)34-38-39-35(48-34)47-19-22-10-13-24(36)14-11-22/h8-16,18,29,42H,5-7,17,19H2,1-4H3/b30-27+. The number of amides is 1. The number of aliphatic hydroxyl groups is 1. The molecule has 3 aromatic heterocycles. The SMILES string of the molecule is CCCCCOc1ccc(C2/C(=C(\O)c3nc4c(C)cccn4c3C)C(=O)C(=O)N2c2nnc(SCc3ccc(F)cc3)s2)cc1OC. The first-order valence-corrected chi connectivity index (χ1v) is 17.3. The minimum Gasteiger partial charge on any atom is -0.505 e. The molecule has 0 saturated carbocycles. The Morgan fingerprint density at radius 1 is 1.06 bits per heavy atom. The van der Waals surface area contributed by atoms with Crippen molar-refractivity contribution in [2.45, 2.75) is 56.2 Å². The molecule has 13 heteroatoms. The average Bonchev–Trinajstić information content (AvgIpc) is 3.77. The maximum absolute atomic E-state index is 13.9. The summed E-state index contributed by atoms with van der Waals surface area (Å²) in [7, 11) is 1.52. The molecule has 1 amide bonds. The molecule has 1 aliphatic heterocycles. The van der Waals surface area contributed by atoms with Gasteiger partial charge in [0, 0.05) is 11.9 Å². The number of unbranched alkanes of at least 4 members (excludes halogenated alkanes) is 2. The van der Waals surface area contributed by atoms with E-state index < -0.39 is 23.5 Å². The zero-order valence-corrected chi connectivity index (χ0v) is 28.5. The summed E-state index contributed by atoms with van der Waals surface area (Å²) in [6, 6.07) is 14.1. The first-order valence-electron chi connectivity index (χ1n) is 15.5. The van der Waals surface area contributed by atoms with Gasteiger partial charge in [0.25, 0.3) is 5.78 Å².